The van der Waals surface area contributed by atoms with Crippen LogP contribution in [0.2, 0.25) is 0 Å². The monoisotopic (exact) mass is 291 g/mol. The second-order valence-electron chi connectivity index (χ2n) is 5.73. The van der Waals surface area contributed by atoms with E-state index in [1.165, 1.54) is 24.8 Å². The molecule has 1 N–H and O–H groups in total. The molecule has 1 heterocycles. The van der Waals surface area contributed by atoms with Crippen molar-refractivity contribution in [3.63, 3.8) is 0 Å². The van der Waals surface area contributed by atoms with Crippen LogP contribution in [0.5, 0.6) is 5.75 Å². The van der Waals surface area contributed by atoms with Crippen LogP contribution in [0.3, 0.4) is 0 Å². The van der Waals surface area contributed by atoms with Crippen molar-refractivity contribution >= 4 is 10.9 Å². The third-order valence-corrected chi connectivity index (χ3v) is 3.99. The zero-order chi connectivity index (χ0) is 15.4. The van der Waals surface area contributed by atoms with Gasteiger partial charge in [-0.05, 0) is 42.7 Å². The van der Waals surface area contributed by atoms with Gasteiger partial charge in [0, 0.05) is 10.9 Å². The first-order valence-electron chi connectivity index (χ1n) is 7.95. The van der Waals surface area contributed by atoms with Crippen LogP contribution in [0, 0.1) is 0 Å². The Morgan fingerprint density at radius 1 is 0.909 bits per heavy atom. The molecule has 0 aliphatic rings. The zero-order valence-electron chi connectivity index (χ0n) is 12.9. The maximum absolute atomic E-state index is 9.51. The number of fused-ring (bicyclic) bond motifs is 1. The lowest BCUT2D eigenvalue weighted by atomic mass is 10.0. The summed E-state index contributed by atoms with van der Waals surface area (Å²) in [6.45, 7) is 2.23. The van der Waals surface area contributed by atoms with Gasteiger partial charge in [0.15, 0.2) is 0 Å². The number of benzene rings is 2. The normalized spacial score (nSPS) is 11.0. The number of hydrogen-bond donors (Lipinski definition) is 1. The molecule has 0 amide bonds. The number of unbranched alkanes of at least 4 members (excludes halogenated alkanes) is 2. The molecule has 0 unspecified atom stereocenters. The predicted octanol–water partition coefficient (Wildman–Crippen LogP) is 5.34. The van der Waals surface area contributed by atoms with E-state index in [1.807, 2.05) is 18.2 Å². The summed E-state index contributed by atoms with van der Waals surface area (Å²) in [6.07, 6.45) is 4.96. The summed E-state index contributed by atoms with van der Waals surface area (Å²) in [5, 5.41) is 10.5. The highest BCUT2D eigenvalue weighted by Crippen LogP contribution is 2.24. The molecular formula is C20H21NO. The fourth-order valence-electron chi connectivity index (χ4n) is 2.70. The highest BCUT2D eigenvalue weighted by atomic mass is 16.3. The Balaban J connectivity index is 1.82. The Kier molecular flexibility index (Phi) is 4.38. The van der Waals surface area contributed by atoms with E-state index in [9.17, 15) is 5.11 Å². The van der Waals surface area contributed by atoms with Crippen LogP contribution in [0.4, 0.5) is 0 Å². The third kappa shape index (κ3) is 3.28. The molecule has 0 bridgehead atoms. The molecule has 0 atom stereocenters. The Bertz CT molecular complexity index is 762. The van der Waals surface area contributed by atoms with E-state index in [1.54, 1.807) is 12.1 Å². The minimum Gasteiger partial charge on any atom is -0.508 e. The number of rotatable bonds is 5. The number of phenols is 1. The maximum atomic E-state index is 9.51. The van der Waals surface area contributed by atoms with Crippen molar-refractivity contribution in [3.8, 4) is 17.0 Å². The quantitative estimate of drug-likeness (QED) is 0.644. The predicted molar refractivity (Wildman–Crippen MR) is 92.1 cm³/mol. The molecule has 2 aromatic carbocycles. The standard InChI is InChI=1S/C20H21NO/c1-2-3-4-5-15-6-8-16(9-7-15)19-12-10-17-14-18(22)11-13-20(17)21-19/h6-14,22H,2-5H2,1H3. The fraction of sp³-hybridized carbons (Fsp3) is 0.250. The van der Waals surface area contributed by atoms with Crippen LogP contribution in [-0.4, -0.2) is 10.1 Å². The summed E-state index contributed by atoms with van der Waals surface area (Å²) >= 11 is 0. The van der Waals surface area contributed by atoms with E-state index >= 15 is 0 Å². The summed E-state index contributed by atoms with van der Waals surface area (Å²) < 4.78 is 0. The largest absolute Gasteiger partial charge is 0.508 e. The number of nitrogens with zero attached hydrogens (tertiary/aromatic N) is 1. The first-order valence-corrected chi connectivity index (χ1v) is 7.95. The van der Waals surface area contributed by atoms with Gasteiger partial charge in [-0.1, -0.05) is 50.1 Å². The van der Waals surface area contributed by atoms with Crippen molar-refractivity contribution in [2.24, 2.45) is 0 Å². The molecule has 0 fully saturated rings. The van der Waals surface area contributed by atoms with Crippen molar-refractivity contribution in [3.05, 3.63) is 60.2 Å². The second kappa shape index (κ2) is 6.61. The maximum Gasteiger partial charge on any atom is 0.116 e. The van der Waals surface area contributed by atoms with Gasteiger partial charge in [-0.2, -0.15) is 0 Å². The topological polar surface area (TPSA) is 33.1 Å². The molecule has 0 saturated carbocycles. The summed E-state index contributed by atoms with van der Waals surface area (Å²) in [5.74, 6) is 0.276. The van der Waals surface area contributed by atoms with Gasteiger partial charge in [0.25, 0.3) is 0 Å². The van der Waals surface area contributed by atoms with Crippen LogP contribution in [-0.2, 0) is 6.42 Å². The molecule has 3 aromatic rings. The average molecular weight is 291 g/mol. The van der Waals surface area contributed by atoms with Crippen molar-refractivity contribution < 1.29 is 5.11 Å². The first kappa shape index (κ1) is 14.6. The number of aryl methyl sites for hydroxylation is 1. The van der Waals surface area contributed by atoms with Gasteiger partial charge in [-0.15, -0.1) is 0 Å². The van der Waals surface area contributed by atoms with Gasteiger partial charge in [0.1, 0.15) is 5.75 Å². The van der Waals surface area contributed by atoms with Crippen LogP contribution in [0.15, 0.2) is 54.6 Å². The third-order valence-electron chi connectivity index (χ3n) is 3.99. The van der Waals surface area contributed by atoms with Crippen LogP contribution in [0.1, 0.15) is 31.7 Å². The number of aromatic nitrogens is 1. The molecule has 0 saturated heterocycles. The summed E-state index contributed by atoms with van der Waals surface area (Å²) in [5.41, 5.74) is 4.40. The molecule has 0 radical (unpaired) electrons. The number of aromatic hydroxyl groups is 1. The molecule has 1 aromatic heterocycles. The lowest BCUT2D eigenvalue weighted by Gasteiger charge is -2.06. The summed E-state index contributed by atoms with van der Waals surface area (Å²) in [6, 6.07) is 18.0. The Labute approximate surface area is 131 Å². The van der Waals surface area contributed by atoms with E-state index in [2.05, 4.69) is 36.2 Å². The van der Waals surface area contributed by atoms with Gasteiger partial charge < -0.3 is 5.11 Å². The van der Waals surface area contributed by atoms with E-state index in [0.717, 1.165) is 28.6 Å². The van der Waals surface area contributed by atoms with Gasteiger partial charge >= 0.3 is 0 Å². The molecule has 0 aliphatic carbocycles. The van der Waals surface area contributed by atoms with Crippen molar-refractivity contribution in [1.29, 1.82) is 0 Å². The molecular weight excluding hydrogens is 270 g/mol. The summed E-state index contributed by atoms with van der Waals surface area (Å²) in [7, 11) is 0. The number of phenolic OH excluding ortho intramolecular Hbond substituents is 1. The smallest absolute Gasteiger partial charge is 0.116 e. The molecule has 22 heavy (non-hydrogen) atoms. The lowest BCUT2D eigenvalue weighted by molar-refractivity contribution is 0.476. The van der Waals surface area contributed by atoms with E-state index in [-0.39, 0.29) is 5.75 Å². The second-order valence-corrected chi connectivity index (χ2v) is 5.73. The Morgan fingerprint density at radius 2 is 1.73 bits per heavy atom. The zero-order valence-corrected chi connectivity index (χ0v) is 12.9. The number of pyridine rings is 1. The van der Waals surface area contributed by atoms with Gasteiger partial charge in [0.05, 0.1) is 11.2 Å². The van der Waals surface area contributed by atoms with Gasteiger partial charge in [0.2, 0.25) is 0 Å². The van der Waals surface area contributed by atoms with Crippen LogP contribution in [0.25, 0.3) is 22.2 Å². The van der Waals surface area contributed by atoms with E-state index in [0.29, 0.717) is 0 Å². The van der Waals surface area contributed by atoms with Crippen LogP contribution >= 0.6 is 0 Å². The van der Waals surface area contributed by atoms with Crippen LogP contribution < -0.4 is 0 Å². The first-order chi connectivity index (χ1) is 10.8. The van der Waals surface area contributed by atoms with E-state index in [4.69, 9.17) is 0 Å². The minimum atomic E-state index is 0.276. The Morgan fingerprint density at radius 3 is 2.50 bits per heavy atom. The minimum absolute atomic E-state index is 0.276. The lowest BCUT2D eigenvalue weighted by Crippen LogP contribution is -1.88. The number of hydrogen-bond acceptors (Lipinski definition) is 2. The SMILES string of the molecule is CCCCCc1ccc(-c2ccc3cc(O)ccc3n2)cc1. The van der Waals surface area contributed by atoms with Crippen molar-refractivity contribution in [2.45, 2.75) is 32.6 Å². The van der Waals surface area contributed by atoms with Crippen molar-refractivity contribution in [2.75, 3.05) is 0 Å². The highest BCUT2D eigenvalue weighted by molar-refractivity contribution is 5.82. The molecule has 112 valence electrons. The average Bonchev–Trinajstić information content (AvgIpc) is 2.55. The summed E-state index contributed by atoms with van der Waals surface area (Å²) in [4.78, 5) is 4.68. The molecule has 0 spiro atoms. The molecule has 0 aliphatic heterocycles. The fourth-order valence-corrected chi connectivity index (χ4v) is 2.70. The van der Waals surface area contributed by atoms with E-state index < -0.39 is 0 Å². The molecule has 2 heteroatoms. The van der Waals surface area contributed by atoms with Gasteiger partial charge in [-0.25, -0.2) is 4.98 Å². The highest BCUT2D eigenvalue weighted by Gasteiger charge is 2.03. The molecule has 2 nitrogen and oxygen atoms in total. The molecule has 3 rings (SSSR count). The Hall–Kier alpha value is -2.35. The van der Waals surface area contributed by atoms with Gasteiger partial charge in [-0.3, -0.25) is 0 Å². The van der Waals surface area contributed by atoms with Crippen molar-refractivity contribution in [1.82, 2.24) is 4.98 Å².